The van der Waals surface area contributed by atoms with Crippen molar-refractivity contribution >= 4 is 29.4 Å². The van der Waals surface area contributed by atoms with Gasteiger partial charge in [-0.05, 0) is 57.5 Å². The van der Waals surface area contributed by atoms with E-state index in [0.29, 0.717) is 41.9 Å². The highest BCUT2D eigenvalue weighted by Gasteiger charge is 2.16. The van der Waals surface area contributed by atoms with Crippen LogP contribution in [0, 0.1) is 0 Å². The lowest BCUT2D eigenvalue weighted by atomic mass is 10.2. The summed E-state index contributed by atoms with van der Waals surface area (Å²) in [6, 6.07) is 12.6. The van der Waals surface area contributed by atoms with Gasteiger partial charge in [-0.3, -0.25) is 4.79 Å². The fraction of sp³-hybridized carbons (Fsp3) is 0.391. The Balaban J connectivity index is 2.02. The van der Waals surface area contributed by atoms with E-state index in [1.54, 1.807) is 31.2 Å². The van der Waals surface area contributed by atoms with E-state index in [1.165, 1.54) is 0 Å². The molecule has 0 fully saturated rings. The highest BCUT2D eigenvalue weighted by atomic mass is 35.5. The van der Waals surface area contributed by atoms with Crippen molar-refractivity contribution in [3.63, 3.8) is 0 Å². The molecular formula is C23H29ClN2O5. The summed E-state index contributed by atoms with van der Waals surface area (Å²) in [4.78, 5) is 23.4. The third-order valence-corrected chi connectivity index (χ3v) is 4.09. The van der Waals surface area contributed by atoms with Gasteiger partial charge in [0.2, 0.25) is 0 Å². The van der Waals surface area contributed by atoms with Crippen LogP contribution in [0.2, 0.25) is 5.02 Å². The second kappa shape index (κ2) is 11.5. The molecule has 31 heavy (non-hydrogen) atoms. The zero-order chi connectivity index (χ0) is 22.9. The van der Waals surface area contributed by atoms with Crippen molar-refractivity contribution in [3.8, 4) is 11.5 Å². The number of hydrogen-bond acceptors (Lipinski definition) is 6. The van der Waals surface area contributed by atoms with Gasteiger partial charge in [0.25, 0.3) is 0 Å². The minimum Gasteiger partial charge on any atom is -0.466 e. The molecule has 8 heteroatoms. The van der Waals surface area contributed by atoms with Gasteiger partial charge in [0.1, 0.15) is 11.4 Å². The first-order valence-corrected chi connectivity index (χ1v) is 10.5. The standard InChI is InChI=1S/C23H29ClN2O5/c1-5-29-21(27)11-12-25-19-10-9-17(24)14-20(19)30-18-8-6-7-16(13-18)15-26-22(28)31-23(2,3)4/h6-10,13-14,25H,5,11-12,15H2,1-4H3,(H,26,28). The zero-order valence-corrected chi connectivity index (χ0v) is 19.0. The second-order valence-electron chi connectivity index (χ2n) is 7.73. The Kier molecular flexibility index (Phi) is 9.00. The van der Waals surface area contributed by atoms with Gasteiger partial charge in [0, 0.05) is 24.2 Å². The van der Waals surface area contributed by atoms with Crippen molar-refractivity contribution in [2.45, 2.75) is 46.3 Å². The van der Waals surface area contributed by atoms with Crippen molar-refractivity contribution in [2.75, 3.05) is 18.5 Å². The maximum Gasteiger partial charge on any atom is 0.407 e. The lowest BCUT2D eigenvalue weighted by molar-refractivity contribution is -0.142. The van der Waals surface area contributed by atoms with Crippen molar-refractivity contribution < 1.29 is 23.8 Å². The predicted molar refractivity (Wildman–Crippen MR) is 121 cm³/mol. The van der Waals surface area contributed by atoms with Gasteiger partial charge in [0.05, 0.1) is 18.7 Å². The molecule has 1 amide bonds. The normalized spacial score (nSPS) is 10.9. The molecule has 168 valence electrons. The molecule has 0 spiro atoms. The molecule has 0 aromatic heterocycles. The monoisotopic (exact) mass is 448 g/mol. The maximum atomic E-state index is 11.9. The number of halogens is 1. The molecule has 0 bridgehead atoms. The number of benzene rings is 2. The Bertz CT molecular complexity index is 896. The van der Waals surface area contributed by atoms with Crippen LogP contribution in [0.25, 0.3) is 0 Å². The van der Waals surface area contributed by atoms with E-state index in [9.17, 15) is 9.59 Å². The average molecular weight is 449 g/mol. The number of alkyl carbamates (subject to hydrolysis) is 1. The molecule has 2 aromatic rings. The Morgan fingerprint density at radius 3 is 2.58 bits per heavy atom. The van der Waals surface area contributed by atoms with Crippen LogP contribution in [0.1, 0.15) is 39.7 Å². The van der Waals surface area contributed by atoms with Crippen LogP contribution in [0.5, 0.6) is 11.5 Å². The Morgan fingerprint density at radius 2 is 1.87 bits per heavy atom. The predicted octanol–water partition coefficient (Wildman–Crippen LogP) is 5.52. The van der Waals surface area contributed by atoms with Crippen molar-refractivity contribution in [1.82, 2.24) is 5.32 Å². The number of esters is 1. The molecule has 2 rings (SSSR count). The van der Waals surface area contributed by atoms with Gasteiger partial charge in [-0.1, -0.05) is 23.7 Å². The molecule has 0 radical (unpaired) electrons. The Hall–Kier alpha value is -2.93. The first kappa shape index (κ1) is 24.3. The third kappa shape index (κ3) is 9.17. The van der Waals surface area contributed by atoms with E-state index >= 15 is 0 Å². The fourth-order valence-corrected chi connectivity index (χ4v) is 2.76. The quantitative estimate of drug-likeness (QED) is 0.491. The lowest BCUT2D eigenvalue weighted by Crippen LogP contribution is -2.32. The van der Waals surface area contributed by atoms with Gasteiger partial charge in [-0.15, -0.1) is 0 Å². The van der Waals surface area contributed by atoms with Gasteiger partial charge < -0.3 is 24.8 Å². The molecule has 0 aliphatic carbocycles. The first-order valence-electron chi connectivity index (χ1n) is 10.1. The van der Waals surface area contributed by atoms with E-state index < -0.39 is 11.7 Å². The van der Waals surface area contributed by atoms with E-state index in [-0.39, 0.29) is 12.4 Å². The summed E-state index contributed by atoms with van der Waals surface area (Å²) in [6.07, 6.45) is -0.247. The van der Waals surface area contributed by atoms with E-state index in [1.807, 2.05) is 39.0 Å². The van der Waals surface area contributed by atoms with Crippen LogP contribution in [-0.2, 0) is 20.8 Å². The molecule has 0 aliphatic heterocycles. The molecule has 2 N–H and O–H groups in total. The number of amides is 1. The van der Waals surface area contributed by atoms with E-state index in [0.717, 1.165) is 5.56 Å². The van der Waals surface area contributed by atoms with Crippen LogP contribution < -0.4 is 15.4 Å². The minimum atomic E-state index is -0.557. The lowest BCUT2D eigenvalue weighted by Gasteiger charge is -2.19. The minimum absolute atomic E-state index is 0.238. The molecule has 0 atom stereocenters. The second-order valence-corrected chi connectivity index (χ2v) is 8.16. The number of hydrogen-bond donors (Lipinski definition) is 2. The summed E-state index contributed by atoms with van der Waals surface area (Å²) in [5.41, 5.74) is 0.992. The molecule has 0 unspecified atom stereocenters. The van der Waals surface area contributed by atoms with Crippen molar-refractivity contribution in [2.24, 2.45) is 0 Å². The number of nitrogens with one attached hydrogen (secondary N) is 2. The van der Waals surface area contributed by atoms with Crippen LogP contribution in [-0.4, -0.2) is 30.8 Å². The number of carbonyl (C=O) groups is 2. The highest BCUT2D eigenvalue weighted by Crippen LogP contribution is 2.32. The molecule has 0 heterocycles. The number of rotatable bonds is 9. The molecule has 0 saturated carbocycles. The topological polar surface area (TPSA) is 85.9 Å². The number of anilines is 1. The third-order valence-electron chi connectivity index (χ3n) is 3.86. The molecule has 7 nitrogen and oxygen atoms in total. The Labute approximate surface area is 188 Å². The van der Waals surface area contributed by atoms with E-state index in [4.69, 9.17) is 25.8 Å². The average Bonchev–Trinajstić information content (AvgIpc) is 2.67. The van der Waals surface area contributed by atoms with Gasteiger partial charge in [-0.2, -0.15) is 0 Å². The summed E-state index contributed by atoms with van der Waals surface area (Å²) in [6.45, 7) is 8.25. The number of carbonyl (C=O) groups excluding carboxylic acids is 2. The van der Waals surface area contributed by atoms with Crippen molar-refractivity contribution in [1.29, 1.82) is 0 Å². The van der Waals surface area contributed by atoms with Gasteiger partial charge in [0.15, 0.2) is 5.75 Å². The van der Waals surface area contributed by atoms with E-state index in [2.05, 4.69) is 10.6 Å². The zero-order valence-electron chi connectivity index (χ0n) is 18.3. The summed E-state index contributed by atoms with van der Waals surface area (Å²) < 4.78 is 16.2. The summed E-state index contributed by atoms with van der Waals surface area (Å²) in [5.74, 6) is 0.837. The van der Waals surface area contributed by atoms with Crippen LogP contribution in [0.3, 0.4) is 0 Å². The summed E-state index contributed by atoms with van der Waals surface area (Å²) in [7, 11) is 0. The van der Waals surface area contributed by atoms with Gasteiger partial charge >= 0.3 is 12.1 Å². The Morgan fingerprint density at radius 1 is 1.10 bits per heavy atom. The first-order chi connectivity index (χ1) is 14.7. The smallest absolute Gasteiger partial charge is 0.407 e. The maximum absolute atomic E-state index is 11.9. The van der Waals surface area contributed by atoms with Crippen LogP contribution in [0.4, 0.5) is 10.5 Å². The largest absolute Gasteiger partial charge is 0.466 e. The molecule has 0 aliphatic rings. The highest BCUT2D eigenvalue weighted by molar-refractivity contribution is 6.30. The molecule has 0 saturated heterocycles. The van der Waals surface area contributed by atoms with Crippen LogP contribution in [0.15, 0.2) is 42.5 Å². The SMILES string of the molecule is CCOC(=O)CCNc1ccc(Cl)cc1Oc1cccc(CNC(=O)OC(C)(C)C)c1. The number of ether oxygens (including phenoxy) is 3. The molecular weight excluding hydrogens is 420 g/mol. The summed E-state index contributed by atoms with van der Waals surface area (Å²) >= 11 is 6.13. The van der Waals surface area contributed by atoms with Gasteiger partial charge in [-0.25, -0.2) is 4.79 Å². The summed E-state index contributed by atoms with van der Waals surface area (Å²) in [5, 5.41) is 6.41. The fourth-order valence-electron chi connectivity index (χ4n) is 2.59. The molecule has 2 aromatic carbocycles. The van der Waals surface area contributed by atoms with Crippen molar-refractivity contribution in [3.05, 3.63) is 53.1 Å². The van der Waals surface area contributed by atoms with Crippen LogP contribution >= 0.6 is 11.6 Å².